The van der Waals surface area contributed by atoms with Crippen LogP contribution in [0.2, 0.25) is 0 Å². The maximum Gasteiger partial charge on any atom is 0.410 e. The van der Waals surface area contributed by atoms with Gasteiger partial charge in [0.25, 0.3) is 0 Å². The van der Waals surface area contributed by atoms with E-state index in [1.807, 2.05) is 0 Å². The van der Waals surface area contributed by atoms with Crippen LogP contribution >= 0.6 is 0 Å². The first-order valence-electron chi connectivity index (χ1n) is 7.49. The third kappa shape index (κ3) is 6.33. The molecule has 0 spiro atoms. The van der Waals surface area contributed by atoms with Crippen molar-refractivity contribution in [3.8, 4) is 0 Å². The summed E-state index contributed by atoms with van der Waals surface area (Å²) in [7, 11) is 0. The van der Waals surface area contributed by atoms with Crippen molar-refractivity contribution < 1.29 is 29.0 Å². The molecule has 2 amide bonds. The van der Waals surface area contributed by atoms with Crippen LogP contribution in [0.5, 0.6) is 0 Å². The minimum Gasteiger partial charge on any atom is -0.481 e. The number of aliphatic carboxylic acids is 1. The molecule has 0 aliphatic carbocycles. The number of hydrogen-bond acceptors (Lipinski definition) is 5. The van der Waals surface area contributed by atoms with Gasteiger partial charge in [-0.2, -0.15) is 0 Å². The molecule has 23 heavy (non-hydrogen) atoms. The molecule has 0 saturated carbocycles. The molecule has 0 unspecified atom stereocenters. The van der Waals surface area contributed by atoms with Crippen LogP contribution in [0.4, 0.5) is 9.59 Å². The number of carboxylic acids is 1. The first-order valence-corrected chi connectivity index (χ1v) is 7.49. The average molecular weight is 330 g/mol. The first-order chi connectivity index (χ1) is 10.3. The van der Waals surface area contributed by atoms with Gasteiger partial charge in [0.15, 0.2) is 0 Å². The lowest BCUT2D eigenvalue weighted by atomic mass is 10.0. The molecular formula is C15H26N2O6. The summed E-state index contributed by atoms with van der Waals surface area (Å²) in [5.41, 5.74) is -1.36. The Hall–Kier alpha value is -1.99. The Morgan fingerprint density at radius 3 is 1.96 bits per heavy atom. The van der Waals surface area contributed by atoms with Crippen molar-refractivity contribution in [1.82, 2.24) is 10.2 Å². The van der Waals surface area contributed by atoms with E-state index in [2.05, 4.69) is 5.32 Å². The van der Waals surface area contributed by atoms with E-state index in [9.17, 15) is 19.5 Å². The van der Waals surface area contributed by atoms with Gasteiger partial charge in [-0.1, -0.05) is 0 Å². The van der Waals surface area contributed by atoms with Crippen molar-refractivity contribution in [2.24, 2.45) is 5.92 Å². The molecule has 0 radical (unpaired) electrons. The summed E-state index contributed by atoms with van der Waals surface area (Å²) < 4.78 is 10.4. The lowest BCUT2D eigenvalue weighted by molar-refractivity contribution is -0.141. The third-order valence-electron chi connectivity index (χ3n) is 2.99. The van der Waals surface area contributed by atoms with Crippen molar-refractivity contribution >= 4 is 18.2 Å². The highest BCUT2D eigenvalue weighted by Crippen LogP contribution is 2.21. The molecule has 1 aliphatic heterocycles. The van der Waals surface area contributed by atoms with E-state index >= 15 is 0 Å². The number of carbonyl (C=O) groups is 3. The van der Waals surface area contributed by atoms with Crippen molar-refractivity contribution in [3.05, 3.63) is 0 Å². The number of rotatable bonds is 2. The van der Waals surface area contributed by atoms with Gasteiger partial charge in [-0.15, -0.1) is 0 Å². The monoisotopic (exact) mass is 330 g/mol. The first kappa shape index (κ1) is 19.1. The van der Waals surface area contributed by atoms with Crippen molar-refractivity contribution in [2.45, 2.75) is 58.8 Å². The van der Waals surface area contributed by atoms with Gasteiger partial charge in [0, 0.05) is 13.1 Å². The fourth-order valence-corrected chi connectivity index (χ4v) is 2.13. The SMILES string of the molecule is CC(C)(C)OC(=O)N[C@H]1CN(C(=O)OC(C)(C)C)C[C@H]1C(=O)O. The van der Waals surface area contributed by atoms with Crippen LogP contribution in [0.1, 0.15) is 41.5 Å². The zero-order valence-corrected chi connectivity index (χ0v) is 14.5. The summed E-state index contributed by atoms with van der Waals surface area (Å²) in [5.74, 6) is -1.99. The van der Waals surface area contributed by atoms with E-state index in [0.29, 0.717) is 0 Å². The fraction of sp³-hybridized carbons (Fsp3) is 0.800. The van der Waals surface area contributed by atoms with E-state index in [0.717, 1.165) is 0 Å². The molecule has 8 nitrogen and oxygen atoms in total. The summed E-state index contributed by atoms with van der Waals surface area (Å²) in [6.07, 6.45) is -1.31. The zero-order valence-electron chi connectivity index (χ0n) is 14.5. The van der Waals surface area contributed by atoms with E-state index in [1.165, 1.54) is 4.90 Å². The highest BCUT2D eigenvalue weighted by atomic mass is 16.6. The minimum atomic E-state index is -1.09. The lowest BCUT2D eigenvalue weighted by Crippen LogP contribution is -2.45. The Kier molecular flexibility index (Phi) is 5.50. The number of amides is 2. The number of carbonyl (C=O) groups excluding carboxylic acids is 2. The van der Waals surface area contributed by atoms with Gasteiger partial charge in [-0.05, 0) is 41.5 Å². The molecule has 1 aliphatic rings. The number of hydrogen-bond donors (Lipinski definition) is 2. The van der Waals surface area contributed by atoms with Crippen LogP contribution < -0.4 is 5.32 Å². The van der Waals surface area contributed by atoms with Crippen molar-refractivity contribution in [2.75, 3.05) is 13.1 Å². The smallest absolute Gasteiger partial charge is 0.410 e. The molecule has 132 valence electrons. The standard InChI is InChI=1S/C15H26N2O6/c1-14(2,3)22-12(20)16-10-8-17(7-9(10)11(18)19)13(21)23-15(4,5)6/h9-10H,7-8H2,1-6H3,(H,16,20)(H,18,19)/t9-,10+/m1/s1. The molecule has 8 heteroatoms. The highest BCUT2D eigenvalue weighted by molar-refractivity contribution is 5.77. The van der Waals surface area contributed by atoms with Gasteiger partial charge in [0.1, 0.15) is 11.2 Å². The van der Waals surface area contributed by atoms with E-state index in [1.54, 1.807) is 41.5 Å². The normalized spacial score (nSPS) is 21.7. The van der Waals surface area contributed by atoms with Crippen LogP contribution in [-0.4, -0.2) is 58.5 Å². The molecule has 0 aromatic rings. The van der Waals surface area contributed by atoms with Gasteiger partial charge in [-0.3, -0.25) is 4.79 Å². The van der Waals surface area contributed by atoms with Crippen LogP contribution in [-0.2, 0) is 14.3 Å². The van der Waals surface area contributed by atoms with Crippen LogP contribution in [0, 0.1) is 5.92 Å². The summed E-state index contributed by atoms with van der Waals surface area (Å²) in [4.78, 5) is 36.5. The van der Waals surface area contributed by atoms with E-state index in [4.69, 9.17) is 9.47 Å². The summed E-state index contributed by atoms with van der Waals surface area (Å²) in [5, 5.41) is 11.8. The Bertz CT molecular complexity index is 477. The van der Waals surface area contributed by atoms with Gasteiger partial charge in [0.05, 0.1) is 12.0 Å². The van der Waals surface area contributed by atoms with Crippen LogP contribution in [0.25, 0.3) is 0 Å². The Morgan fingerprint density at radius 1 is 1.00 bits per heavy atom. The second-order valence-corrected chi connectivity index (χ2v) is 7.58. The topological polar surface area (TPSA) is 105 Å². The molecule has 1 heterocycles. The molecule has 0 aromatic carbocycles. The zero-order chi connectivity index (χ0) is 18.0. The minimum absolute atomic E-state index is 0.0231. The molecule has 2 N–H and O–H groups in total. The number of carboxylic acid groups (broad SMARTS) is 1. The molecule has 2 atom stereocenters. The number of nitrogens with zero attached hydrogens (tertiary/aromatic N) is 1. The number of nitrogens with one attached hydrogen (secondary N) is 1. The van der Waals surface area contributed by atoms with Gasteiger partial charge < -0.3 is 24.8 Å². The predicted molar refractivity (Wildman–Crippen MR) is 82.1 cm³/mol. The Balaban J connectivity index is 2.73. The molecule has 1 fully saturated rings. The molecule has 0 aromatic heterocycles. The van der Waals surface area contributed by atoms with Crippen LogP contribution in [0.3, 0.4) is 0 Å². The second-order valence-electron chi connectivity index (χ2n) is 7.58. The molecule has 1 rings (SSSR count). The second kappa shape index (κ2) is 6.64. The summed E-state index contributed by atoms with van der Waals surface area (Å²) >= 11 is 0. The quantitative estimate of drug-likeness (QED) is 0.800. The largest absolute Gasteiger partial charge is 0.481 e. The van der Waals surface area contributed by atoms with E-state index in [-0.39, 0.29) is 13.1 Å². The summed E-state index contributed by atoms with van der Waals surface area (Å²) in [6.45, 7) is 10.4. The molecule has 1 saturated heterocycles. The summed E-state index contributed by atoms with van der Waals surface area (Å²) in [6, 6.07) is -0.727. The lowest BCUT2D eigenvalue weighted by Gasteiger charge is -2.24. The Labute approximate surface area is 136 Å². The van der Waals surface area contributed by atoms with Crippen LogP contribution in [0.15, 0.2) is 0 Å². The third-order valence-corrected chi connectivity index (χ3v) is 2.99. The molecule has 0 bridgehead atoms. The van der Waals surface area contributed by atoms with E-state index < -0.39 is 41.3 Å². The van der Waals surface area contributed by atoms with Gasteiger partial charge in [-0.25, -0.2) is 9.59 Å². The predicted octanol–water partition coefficient (Wildman–Crippen LogP) is 1.83. The maximum atomic E-state index is 12.1. The fourth-order valence-electron chi connectivity index (χ4n) is 2.13. The maximum absolute atomic E-state index is 12.1. The average Bonchev–Trinajstić information content (AvgIpc) is 2.67. The number of ether oxygens (including phenoxy) is 2. The number of likely N-dealkylation sites (tertiary alicyclic amines) is 1. The molecular weight excluding hydrogens is 304 g/mol. The van der Waals surface area contributed by atoms with Gasteiger partial charge >= 0.3 is 18.2 Å². The Morgan fingerprint density at radius 2 is 1.52 bits per heavy atom. The highest BCUT2D eigenvalue weighted by Gasteiger charge is 2.42. The van der Waals surface area contributed by atoms with Crippen molar-refractivity contribution in [1.29, 1.82) is 0 Å². The number of alkyl carbamates (subject to hydrolysis) is 1. The van der Waals surface area contributed by atoms with Crippen molar-refractivity contribution in [3.63, 3.8) is 0 Å². The van der Waals surface area contributed by atoms with Gasteiger partial charge in [0.2, 0.25) is 0 Å².